The third kappa shape index (κ3) is 6.54. The minimum Gasteiger partial charge on any atom is -0.384 e. The maximum Gasteiger partial charge on any atom is 0.236 e. The number of nitrogens with zero attached hydrogens (tertiary/aromatic N) is 6. The Bertz CT molecular complexity index is 1890. The molecular formula is C36H37FN8O3. The van der Waals surface area contributed by atoms with Crippen LogP contribution in [0.25, 0.3) is 33.5 Å². The van der Waals surface area contributed by atoms with Crippen LogP contribution >= 0.6 is 0 Å². The van der Waals surface area contributed by atoms with Crippen molar-refractivity contribution in [1.82, 2.24) is 34.9 Å². The second kappa shape index (κ2) is 13.6. The van der Waals surface area contributed by atoms with Gasteiger partial charge in [0.1, 0.15) is 5.69 Å². The molecule has 246 valence electrons. The van der Waals surface area contributed by atoms with Gasteiger partial charge in [0, 0.05) is 67.5 Å². The van der Waals surface area contributed by atoms with E-state index in [-0.39, 0.29) is 25.0 Å². The van der Waals surface area contributed by atoms with E-state index in [0.29, 0.717) is 61.3 Å². The molecule has 0 radical (unpaired) electrons. The predicted octanol–water partition coefficient (Wildman–Crippen LogP) is 4.90. The van der Waals surface area contributed by atoms with Gasteiger partial charge >= 0.3 is 0 Å². The van der Waals surface area contributed by atoms with Gasteiger partial charge in [0.05, 0.1) is 24.1 Å². The first-order valence-electron chi connectivity index (χ1n) is 16.2. The number of amides is 2. The van der Waals surface area contributed by atoms with E-state index < -0.39 is 11.4 Å². The number of halogens is 1. The van der Waals surface area contributed by atoms with E-state index in [0.717, 1.165) is 29.3 Å². The minimum absolute atomic E-state index is 0.0897. The second-order valence-corrected chi connectivity index (χ2v) is 12.7. The van der Waals surface area contributed by atoms with Gasteiger partial charge in [-0.05, 0) is 73.7 Å². The molecule has 2 aliphatic rings. The van der Waals surface area contributed by atoms with Crippen molar-refractivity contribution in [2.24, 2.45) is 5.41 Å². The van der Waals surface area contributed by atoms with Crippen LogP contribution < -0.4 is 5.32 Å². The lowest BCUT2D eigenvalue weighted by molar-refractivity contribution is -0.134. The average molecular weight is 649 g/mol. The van der Waals surface area contributed by atoms with Gasteiger partial charge in [-0.3, -0.25) is 19.6 Å². The Morgan fingerprint density at radius 1 is 1.00 bits per heavy atom. The fourth-order valence-electron chi connectivity index (χ4n) is 6.94. The Labute approximate surface area is 277 Å². The highest BCUT2D eigenvalue weighted by molar-refractivity contribution is 6.00. The summed E-state index contributed by atoms with van der Waals surface area (Å²) in [7, 11) is 1.59. The van der Waals surface area contributed by atoms with Crippen molar-refractivity contribution in [3.05, 3.63) is 90.8 Å². The summed E-state index contributed by atoms with van der Waals surface area (Å²) in [5.74, 6) is 0.479. The van der Waals surface area contributed by atoms with Crippen LogP contribution in [0.1, 0.15) is 30.7 Å². The first kappa shape index (κ1) is 31.5. The normalized spacial score (nSPS) is 18.8. The number of methoxy groups -OCH3 is 1. The molecule has 0 unspecified atom stereocenters. The Balaban J connectivity index is 0.953. The topological polar surface area (TPSA) is 129 Å². The summed E-state index contributed by atoms with van der Waals surface area (Å²) in [6, 6.07) is 18.7. The van der Waals surface area contributed by atoms with E-state index in [9.17, 15) is 14.0 Å². The Hall–Kier alpha value is -5.07. The molecule has 5 aromatic rings. The van der Waals surface area contributed by atoms with E-state index in [1.165, 1.54) is 17.8 Å². The Morgan fingerprint density at radius 3 is 2.50 bits per heavy atom. The number of rotatable bonds is 9. The van der Waals surface area contributed by atoms with Crippen molar-refractivity contribution in [3.8, 4) is 22.6 Å². The molecule has 2 fully saturated rings. The number of hydrogen-bond acceptors (Lipinski definition) is 8. The third-order valence-electron chi connectivity index (χ3n) is 9.57. The van der Waals surface area contributed by atoms with Crippen molar-refractivity contribution in [2.45, 2.75) is 25.2 Å². The van der Waals surface area contributed by atoms with Gasteiger partial charge in [0.25, 0.3) is 0 Å². The number of carbonyl (C=O) groups is 2. The molecule has 2 aliphatic heterocycles. The maximum atomic E-state index is 13.8. The minimum atomic E-state index is -0.798. The number of aromatic nitrogens is 5. The number of likely N-dealkylation sites (tertiary alicyclic amines) is 2. The van der Waals surface area contributed by atoms with Gasteiger partial charge in [-0.1, -0.05) is 24.3 Å². The zero-order chi connectivity index (χ0) is 33.1. The van der Waals surface area contributed by atoms with Gasteiger partial charge in [-0.25, -0.2) is 15.0 Å². The number of fused-ring (bicyclic) bond motifs is 1. The molecule has 12 heteroatoms. The number of aromatic amines is 1. The molecule has 0 spiro atoms. The van der Waals surface area contributed by atoms with Crippen LogP contribution in [0.2, 0.25) is 0 Å². The molecule has 48 heavy (non-hydrogen) atoms. The number of hydrogen-bond donors (Lipinski definition) is 2. The highest BCUT2D eigenvalue weighted by atomic mass is 19.1. The van der Waals surface area contributed by atoms with Crippen LogP contribution in [0.5, 0.6) is 0 Å². The average Bonchev–Trinajstić information content (AvgIpc) is 3.74. The molecule has 1 atom stereocenters. The summed E-state index contributed by atoms with van der Waals surface area (Å²) in [4.78, 5) is 43.6. The largest absolute Gasteiger partial charge is 0.384 e. The quantitative estimate of drug-likeness (QED) is 0.216. The van der Waals surface area contributed by atoms with E-state index in [4.69, 9.17) is 4.74 Å². The van der Waals surface area contributed by atoms with Gasteiger partial charge < -0.3 is 15.0 Å². The monoisotopic (exact) mass is 648 g/mol. The van der Waals surface area contributed by atoms with Gasteiger partial charge in [-0.2, -0.15) is 9.49 Å². The van der Waals surface area contributed by atoms with E-state index in [2.05, 4.69) is 59.6 Å². The fraction of sp³-hybridized carbons (Fsp3) is 0.333. The number of carbonyl (C=O) groups excluding carboxylic acids is 2. The van der Waals surface area contributed by atoms with Gasteiger partial charge in [-0.15, -0.1) is 0 Å². The van der Waals surface area contributed by atoms with Crippen molar-refractivity contribution in [2.75, 3.05) is 51.8 Å². The maximum absolute atomic E-state index is 13.8. The summed E-state index contributed by atoms with van der Waals surface area (Å²) >= 11 is 0. The first-order valence-corrected chi connectivity index (χ1v) is 16.2. The van der Waals surface area contributed by atoms with Crippen molar-refractivity contribution < 1.29 is 18.7 Å². The molecule has 11 nitrogen and oxygen atoms in total. The summed E-state index contributed by atoms with van der Waals surface area (Å²) < 4.78 is 18.9. The smallest absolute Gasteiger partial charge is 0.236 e. The van der Waals surface area contributed by atoms with Crippen LogP contribution in [0.15, 0.2) is 79.3 Å². The number of benzene rings is 2. The molecule has 2 aromatic carbocycles. The highest BCUT2D eigenvalue weighted by Gasteiger charge is 2.45. The van der Waals surface area contributed by atoms with Crippen molar-refractivity contribution in [3.63, 3.8) is 0 Å². The summed E-state index contributed by atoms with van der Waals surface area (Å²) in [6.45, 7) is 2.97. The number of piperidine rings is 1. The lowest BCUT2D eigenvalue weighted by Crippen LogP contribution is -2.46. The molecule has 3 aromatic heterocycles. The van der Waals surface area contributed by atoms with Crippen LogP contribution in [-0.2, 0) is 14.3 Å². The summed E-state index contributed by atoms with van der Waals surface area (Å²) in [6.07, 6.45) is 7.31. The van der Waals surface area contributed by atoms with Gasteiger partial charge in [0.2, 0.25) is 17.8 Å². The number of pyridine rings is 1. The summed E-state index contributed by atoms with van der Waals surface area (Å²) in [5.41, 5.74) is 4.14. The molecule has 2 amide bonds. The summed E-state index contributed by atoms with van der Waals surface area (Å²) in [5, 5.41) is 11.2. The Kier molecular flexibility index (Phi) is 8.92. The standard InChI is InChI=1S/C36H37FN8O3/c1-48-23-36(35(47)41-28-8-9-30-29(19-28)33(43-42-30)27-7-10-31(37)40-20-27)13-18-44(22-36)21-32(46)45-16-11-25(12-17-45)24-3-5-26(6-4-24)34-38-14-2-15-39-34/h2-10,14-15,19-20,25H,11-13,16-18,21-23H2,1H3,(H,41,47)(H,42,43)/t36-/m1/s1. The number of ether oxygens (including phenoxy) is 1. The molecule has 2 saturated heterocycles. The third-order valence-corrected chi connectivity index (χ3v) is 9.57. The second-order valence-electron chi connectivity index (χ2n) is 12.7. The lowest BCUT2D eigenvalue weighted by Gasteiger charge is -2.33. The molecule has 0 aliphatic carbocycles. The molecule has 2 N–H and O–H groups in total. The molecule has 5 heterocycles. The number of nitrogens with one attached hydrogen (secondary N) is 2. The zero-order valence-electron chi connectivity index (χ0n) is 26.7. The van der Waals surface area contributed by atoms with Crippen LogP contribution in [0.4, 0.5) is 10.1 Å². The first-order chi connectivity index (χ1) is 23.4. The molecule has 0 saturated carbocycles. The lowest BCUT2D eigenvalue weighted by atomic mass is 9.86. The van der Waals surface area contributed by atoms with Crippen LogP contribution in [-0.4, -0.2) is 93.2 Å². The molecular weight excluding hydrogens is 611 g/mol. The fourth-order valence-corrected chi connectivity index (χ4v) is 6.94. The van der Waals surface area contributed by atoms with Gasteiger partial charge in [0.15, 0.2) is 5.82 Å². The van der Waals surface area contributed by atoms with Crippen molar-refractivity contribution >= 4 is 28.4 Å². The molecule has 7 rings (SSSR count). The Morgan fingerprint density at radius 2 is 1.77 bits per heavy atom. The zero-order valence-corrected chi connectivity index (χ0v) is 26.7. The molecule has 0 bridgehead atoms. The van der Waals surface area contributed by atoms with Crippen molar-refractivity contribution in [1.29, 1.82) is 0 Å². The van der Waals surface area contributed by atoms with E-state index >= 15 is 0 Å². The number of H-pyrrole nitrogens is 1. The van der Waals surface area contributed by atoms with E-state index in [1.54, 1.807) is 31.6 Å². The van der Waals surface area contributed by atoms with Crippen LogP contribution in [0.3, 0.4) is 0 Å². The number of anilines is 1. The SMILES string of the molecule is COC[C@@]1(C(=O)Nc2ccc3[nH]nc(-c4ccc(F)nc4)c3c2)CCN(CC(=O)N2CCC(c3ccc(-c4ncccn4)cc3)CC2)C1. The van der Waals surface area contributed by atoms with Crippen LogP contribution in [0, 0.1) is 11.4 Å². The highest BCUT2D eigenvalue weighted by Crippen LogP contribution is 2.35. The van der Waals surface area contributed by atoms with E-state index in [1.807, 2.05) is 23.1 Å². The predicted molar refractivity (Wildman–Crippen MR) is 179 cm³/mol.